The fraction of sp³-hybridized carbons (Fsp3) is 0.0714. The minimum atomic E-state index is -0.00850. The van der Waals surface area contributed by atoms with Gasteiger partial charge in [0, 0.05) is 31.6 Å². The highest BCUT2D eigenvalue weighted by molar-refractivity contribution is 7.18. The summed E-state index contributed by atoms with van der Waals surface area (Å²) in [5.74, 6) is 0.0345. The smallest absolute Gasteiger partial charge is 0.187 e. The molecule has 0 bridgehead atoms. The maximum atomic E-state index is 11.6. The molecule has 0 aliphatic heterocycles. The van der Waals surface area contributed by atoms with Gasteiger partial charge in [-0.2, -0.15) is 11.3 Å². The predicted molar refractivity (Wildman–Crippen MR) is 86.0 cm³/mol. The molecule has 0 N–H and O–H groups in total. The molecule has 0 saturated heterocycles. The molecule has 0 atom stereocenters. The lowest BCUT2D eigenvalue weighted by Gasteiger charge is -1.98. The van der Waals surface area contributed by atoms with E-state index in [2.05, 4.69) is 28.3 Å². The average Bonchev–Trinajstić information content (AvgIpc) is 3.14. The Hall–Kier alpha value is -0.940. The van der Waals surface area contributed by atoms with Gasteiger partial charge in [0.2, 0.25) is 0 Å². The number of carbonyl (C=O) groups is 1. The lowest BCUT2D eigenvalue weighted by atomic mass is 10.1. The number of hydrogen-bond acceptors (Lipinski definition) is 4. The van der Waals surface area contributed by atoms with E-state index in [0.717, 1.165) is 9.75 Å². The van der Waals surface area contributed by atoms with E-state index >= 15 is 0 Å². The zero-order valence-electron chi connectivity index (χ0n) is 9.76. The minimum Gasteiger partial charge on any atom is -0.292 e. The monoisotopic (exact) mass is 324 g/mol. The van der Waals surface area contributed by atoms with Gasteiger partial charge >= 0.3 is 0 Å². The molecular weight excluding hydrogens is 316 g/mol. The third kappa shape index (κ3) is 2.54. The van der Waals surface area contributed by atoms with Gasteiger partial charge in [-0.15, -0.1) is 34.3 Å². The number of carbonyl (C=O) groups excluding carboxylic acids is 1. The number of alkyl halides is 1. The average molecular weight is 325 g/mol. The van der Waals surface area contributed by atoms with Crippen molar-refractivity contribution < 1.29 is 4.79 Å². The Kier molecular flexibility index (Phi) is 3.84. The summed E-state index contributed by atoms with van der Waals surface area (Å²) >= 11 is 10.5. The first-order valence-corrected chi connectivity index (χ1v) is 8.76. The Morgan fingerprint density at radius 1 is 1.11 bits per heavy atom. The number of ketones is 1. The Morgan fingerprint density at radius 3 is 2.58 bits per heavy atom. The first-order chi connectivity index (χ1) is 9.29. The molecule has 5 heteroatoms. The van der Waals surface area contributed by atoms with Gasteiger partial charge in [-0.1, -0.05) is 6.07 Å². The predicted octanol–water partition coefficient (Wildman–Crippen LogP) is 5.63. The standard InChI is InChI=1S/C14H9ClOS3/c15-6-11(16)14-4-3-13(19-14)10-8-17-7-9(10)12-2-1-5-18-12/h1-5,7-8H,6H2. The van der Waals surface area contributed by atoms with Gasteiger partial charge in [0.05, 0.1) is 10.8 Å². The molecule has 19 heavy (non-hydrogen) atoms. The molecule has 3 heterocycles. The van der Waals surface area contributed by atoms with Crippen LogP contribution in [0.1, 0.15) is 9.67 Å². The first-order valence-electron chi connectivity index (χ1n) is 5.59. The third-order valence-electron chi connectivity index (χ3n) is 2.72. The highest BCUT2D eigenvalue weighted by atomic mass is 35.5. The van der Waals surface area contributed by atoms with E-state index in [0.29, 0.717) is 0 Å². The van der Waals surface area contributed by atoms with Crippen molar-refractivity contribution in [3.05, 3.63) is 45.3 Å². The lowest BCUT2D eigenvalue weighted by molar-refractivity contribution is 0.102. The van der Waals surface area contributed by atoms with Crippen LogP contribution in [0.4, 0.5) is 0 Å². The van der Waals surface area contributed by atoms with E-state index in [1.807, 2.05) is 12.1 Å². The fourth-order valence-corrected chi connectivity index (χ4v) is 4.76. The van der Waals surface area contributed by atoms with Crippen LogP contribution in [-0.2, 0) is 0 Å². The SMILES string of the molecule is O=C(CCl)c1ccc(-c2cscc2-c2cccs2)s1. The summed E-state index contributed by atoms with van der Waals surface area (Å²) in [5, 5.41) is 6.37. The number of hydrogen-bond donors (Lipinski definition) is 0. The highest BCUT2D eigenvalue weighted by Crippen LogP contribution is 2.40. The molecule has 3 aromatic rings. The quantitative estimate of drug-likeness (QED) is 0.449. The second-order valence-corrected chi connectivity index (χ2v) is 6.94. The maximum Gasteiger partial charge on any atom is 0.187 e. The van der Waals surface area contributed by atoms with Crippen molar-refractivity contribution in [3.63, 3.8) is 0 Å². The summed E-state index contributed by atoms with van der Waals surface area (Å²) in [5.41, 5.74) is 2.44. The second-order valence-electron chi connectivity index (χ2n) is 3.90. The van der Waals surface area contributed by atoms with Crippen molar-refractivity contribution in [1.29, 1.82) is 0 Å². The Balaban J connectivity index is 2.02. The van der Waals surface area contributed by atoms with Crippen molar-refractivity contribution in [1.82, 2.24) is 0 Å². The van der Waals surface area contributed by atoms with Crippen LogP contribution in [0, 0.1) is 0 Å². The van der Waals surface area contributed by atoms with Gasteiger partial charge in [-0.05, 0) is 23.6 Å². The molecular formula is C14H9ClOS3. The number of Topliss-reactive ketones (excluding diaryl/α,β-unsaturated/α-hetero) is 1. The van der Waals surface area contributed by atoms with Gasteiger partial charge < -0.3 is 0 Å². The molecule has 1 nitrogen and oxygen atoms in total. The van der Waals surface area contributed by atoms with Crippen molar-refractivity contribution in [2.75, 3.05) is 5.88 Å². The summed E-state index contributed by atoms with van der Waals surface area (Å²) < 4.78 is 0. The molecule has 0 amide bonds. The van der Waals surface area contributed by atoms with E-state index in [1.54, 1.807) is 22.7 Å². The maximum absolute atomic E-state index is 11.6. The van der Waals surface area contributed by atoms with Crippen molar-refractivity contribution >= 4 is 51.4 Å². The molecule has 0 saturated carbocycles. The van der Waals surface area contributed by atoms with Gasteiger partial charge in [0.1, 0.15) is 0 Å². The molecule has 0 aliphatic carbocycles. The van der Waals surface area contributed by atoms with Crippen molar-refractivity contribution in [2.45, 2.75) is 0 Å². The third-order valence-corrected chi connectivity index (χ3v) is 5.77. The molecule has 0 fully saturated rings. The molecule has 96 valence electrons. The van der Waals surface area contributed by atoms with Crippen LogP contribution < -0.4 is 0 Å². The minimum absolute atomic E-state index is 0.00850. The summed E-state index contributed by atoms with van der Waals surface area (Å²) in [6.45, 7) is 0. The Morgan fingerprint density at radius 2 is 1.89 bits per heavy atom. The zero-order valence-corrected chi connectivity index (χ0v) is 13.0. The second kappa shape index (κ2) is 5.59. The van der Waals surface area contributed by atoms with E-state index in [4.69, 9.17) is 11.6 Å². The Labute approximate surface area is 128 Å². The van der Waals surface area contributed by atoms with Crippen LogP contribution in [-0.4, -0.2) is 11.7 Å². The number of thiophene rings is 3. The molecule has 0 aliphatic rings. The summed E-state index contributed by atoms with van der Waals surface area (Å²) in [6, 6.07) is 8.04. The molecule has 0 unspecified atom stereocenters. The van der Waals surface area contributed by atoms with Gasteiger partial charge in [-0.25, -0.2) is 0 Å². The number of rotatable bonds is 4. The van der Waals surface area contributed by atoms with Crippen molar-refractivity contribution in [3.8, 4) is 20.9 Å². The van der Waals surface area contributed by atoms with Crippen LogP contribution in [0.5, 0.6) is 0 Å². The number of halogens is 1. The molecule has 0 aromatic carbocycles. The summed E-state index contributed by atoms with van der Waals surface area (Å²) in [6.07, 6.45) is 0. The largest absolute Gasteiger partial charge is 0.292 e. The normalized spacial score (nSPS) is 10.8. The first kappa shape index (κ1) is 13.1. The topological polar surface area (TPSA) is 17.1 Å². The fourth-order valence-electron chi connectivity index (χ4n) is 1.81. The van der Waals surface area contributed by atoms with E-state index in [-0.39, 0.29) is 11.7 Å². The summed E-state index contributed by atoms with van der Waals surface area (Å²) in [7, 11) is 0. The van der Waals surface area contributed by atoms with E-state index in [9.17, 15) is 4.79 Å². The lowest BCUT2D eigenvalue weighted by Crippen LogP contribution is -1.95. The van der Waals surface area contributed by atoms with Crippen LogP contribution in [0.25, 0.3) is 20.9 Å². The highest BCUT2D eigenvalue weighted by Gasteiger charge is 2.14. The van der Waals surface area contributed by atoms with E-state index in [1.165, 1.54) is 27.3 Å². The zero-order chi connectivity index (χ0) is 13.2. The van der Waals surface area contributed by atoms with Gasteiger partial charge in [0.25, 0.3) is 0 Å². The molecule has 3 aromatic heterocycles. The van der Waals surface area contributed by atoms with Crippen LogP contribution in [0.15, 0.2) is 40.4 Å². The van der Waals surface area contributed by atoms with Crippen molar-refractivity contribution in [2.24, 2.45) is 0 Å². The molecule has 0 spiro atoms. The Bertz CT molecular complexity index is 694. The van der Waals surface area contributed by atoms with E-state index < -0.39 is 0 Å². The van der Waals surface area contributed by atoms with Gasteiger partial charge in [0.15, 0.2) is 5.78 Å². The molecule has 0 radical (unpaired) electrons. The van der Waals surface area contributed by atoms with Gasteiger partial charge in [-0.3, -0.25) is 4.79 Å². The van der Waals surface area contributed by atoms with Crippen LogP contribution in [0.2, 0.25) is 0 Å². The van der Waals surface area contributed by atoms with Crippen LogP contribution in [0.3, 0.4) is 0 Å². The van der Waals surface area contributed by atoms with Crippen LogP contribution >= 0.6 is 45.6 Å². The summed E-state index contributed by atoms with van der Waals surface area (Å²) in [4.78, 5) is 14.7. The molecule has 3 rings (SSSR count).